The van der Waals surface area contributed by atoms with Crippen molar-refractivity contribution in [1.29, 1.82) is 0 Å². The second kappa shape index (κ2) is 65.0. The smallest absolute Gasteiger partial charge is 0.462 e. The molecule has 0 aliphatic carbocycles. The lowest BCUT2D eigenvalue weighted by Crippen LogP contribution is -2.30. The van der Waals surface area contributed by atoms with Crippen molar-refractivity contribution < 1.29 is 80.2 Å². The highest BCUT2D eigenvalue weighted by Gasteiger charge is 2.30. The molecule has 0 aromatic carbocycles. The van der Waals surface area contributed by atoms with Gasteiger partial charge in [0, 0.05) is 25.7 Å². The van der Waals surface area contributed by atoms with E-state index < -0.39 is 97.5 Å². The van der Waals surface area contributed by atoms with E-state index >= 15 is 0 Å². The largest absolute Gasteiger partial charge is 0.472 e. The van der Waals surface area contributed by atoms with E-state index in [9.17, 15) is 43.2 Å². The molecule has 19 heteroatoms. The maximum Gasteiger partial charge on any atom is 0.472 e. The molecule has 0 heterocycles. The molecule has 0 bridgehead atoms. The summed E-state index contributed by atoms with van der Waals surface area (Å²) in [5, 5.41) is 10.6. The number of aliphatic hydroxyl groups excluding tert-OH is 1. The van der Waals surface area contributed by atoms with Gasteiger partial charge < -0.3 is 33.8 Å². The van der Waals surface area contributed by atoms with Crippen molar-refractivity contribution in [2.45, 2.75) is 394 Å². The third kappa shape index (κ3) is 66.7. The number of hydrogen-bond donors (Lipinski definition) is 3. The Hall–Kier alpha value is -1.94. The predicted octanol–water partition coefficient (Wildman–Crippen LogP) is 21.2. The number of carbonyl (C=O) groups is 4. The molecule has 0 fully saturated rings. The van der Waals surface area contributed by atoms with E-state index in [1.807, 2.05) is 0 Å². The molecule has 0 spiro atoms. The van der Waals surface area contributed by atoms with E-state index in [-0.39, 0.29) is 25.7 Å². The summed E-state index contributed by atoms with van der Waals surface area (Å²) in [7, 11) is -9.89. The van der Waals surface area contributed by atoms with Crippen LogP contribution in [-0.4, -0.2) is 96.7 Å². The van der Waals surface area contributed by atoms with Gasteiger partial charge in [-0.05, 0) is 37.5 Å². The monoisotopic (exact) mass is 1350 g/mol. The summed E-state index contributed by atoms with van der Waals surface area (Å²) in [4.78, 5) is 72.3. The van der Waals surface area contributed by atoms with E-state index in [1.54, 1.807) is 0 Å². The van der Waals surface area contributed by atoms with Crippen LogP contribution in [0.5, 0.6) is 0 Å². The zero-order valence-electron chi connectivity index (χ0n) is 59.9. The van der Waals surface area contributed by atoms with E-state index in [0.29, 0.717) is 31.6 Å². The van der Waals surface area contributed by atoms with E-state index in [4.69, 9.17) is 37.0 Å². The zero-order valence-corrected chi connectivity index (χ0v) is 61.6. The summed E-state index contributed by atoms with van der Waals surface area (Å²) in [6, 6.07) is 0. The number of unbranched alkanes of at least 4 members (excludes halogenated alkanes) is 42. The second-order valence-electron chi connectivity index (χ2n) is 27.3. The average Bonchev–Trinajstić information content (AvgIpc) is 2.50. The molecular weight excluding hydrogens is 1210 g/mol. The van der Waals surface area contributed by atoms with Crippen molar-refractivity contribution in [3.63, 3.8) is 0 Å². The highest BCUT2D eigenvalue weighted by atomic mass is 31.2. The predicted molar refractivity (Wildman–Crippen MR) is 372 cm³/mol. The first-order chi connectivity index (χ1) is 44.4. The molecule has 0 rings (SSSR count). The minimum atomic E-state index is -4.95. The first kappa shape index (κ1) is 90.1. The quantitative estimate of drug-likeness (QED) is 0.0222. The summed E-state index contributed by atoms with van der Waals surface area (Å²) in [6.45, 7) is 9.44. The van der Waals surface area contributed by atoms with Crippen LogP contribution in [0.4, 0.5) is 0 Å². The molecule has 0 aromatic heterocycles. The van der Waals surface area contributed by atoms with Gasteiger partial charge in [-0.1, -0.05) is 324 Å². The molecule has 0 aliphatic rings. The minimum Gasteiger partial charge on any atom is -0.462 e. The first-order valence-electron chi connectivity index (χ1n) is 38.0. The Balaban J connectivity index is 5.13. The standard InChI is InChI=1S/C73H142O17P2/c1-7-9-11-13-14-15-16-17-18-19-20-24-27-30-33-38-44-50-56-71(76)84-62-69(90-72(77)57-51-45-39-34-31-28-25-22-21-23-26-29-32-36-42-47-53-65(3)4)64-88-92(81,82)86-60-67(74)59-85-91(79,80)87-63-68(61-83-70(75)55-49-41-12-10-8-2)89-73(78)58-52-46-40-35-37-43-48-54-66(5)6/h65-69,74H,7-64H2,1-6H3,(H,79,80)(H,81,82)/t67-,68+,69+/m0/s1. The lowest BCUT2D eigenvalue weighted by atomic mass is 10.0. The van der Waals surface area contributed by atoms with Crippen molar-refractivity contribution in [3.05, 3.63) is 0 Å². The van der Waals surface area contributed by atoms with Gasteiger partial charge in [-0.15, -0.1) is 0 Å². The number of phosphoric acid groups is 2. The van der Waals surface area contributed by atoms with Crippen LogP contribution in [-0.2, 0) is 65.4 Å². The molecule has 5 atom stereocenters. The molecular formula is C73H142O17P2. The topological polar surface area (TPSA) is 237 Å². The zero-order chi connectivity index (χ0) is 67.9. The maximum atomic E-state index is 13.1. The number of ether oxygens (including phenoxy) is 4. The first-order valence-corrected chi connectivity index (χ1v) is 41.0. The van der Waals surface area contributed by atoms with Crippen LogP contribution in [0.2, 0.25) is 0 Å². The SMILES string of the molecule is CCCCCCCCCCCCCCCCCCCCC(=O)OC[C@H](COP(=O)(O)OC[C@@H](O)COP(=O)(O)OC[C@@H](COC(=O)CCCCCCC)OC(=O)CCCCCCCCCC(C)C)OC(=O)CCCCCCCCCCCCCCCCCCC(C)C. The number of esters is 4. The highest BCUT2D eigenvalue weighted by Crippen LogP contribution is 2.45. The fourth-order valence-electron chi connectivity index (χ4n) is 11.1. The fraction of sp³-hybridized carbons (Fsp3) is 0.945. The molecule has 3 N–H and O–H groups in total. The van der Waals surface area contributed by atoms with Crippen molar-refractivity contribution >= 4 is 39.5 Å². The average molecular weight is 1350 g/mol. The third-order valence-electron chi connectivity index (χ3n) is 17.0. The number of hydrogen-bond acceptors (Lipinski definition) is 15. The van der Waals surface area contributed by atoms with Crippen LogP contribution in [0.25, 0.3) is 0 Å². The van der Waals surface area contributed by atoms with Crippen molar-refractivity contribution in [2.75, 3.05) is 39.6 Å². The van der Waals surface area contributed by atoms with Crippen LogP contribution >= 0.6 is 15.6 Å². The normalized spacial score (nSPS) is 14.1. The lowest BCUT2D eigenvalue weighted by Gasteiger charge is -2.21. The van der Waals surface area contributed by atoms with Gasteiger partial charge in [0.15, 0.2) is 12.2 Å². The molecule has 0 saturated carbocycles. The molecule has 0 radical (unpaired) electrons. The number of aliphatic hydroxyl groups is 1. The maximum absolute atomic E-state index is 13.1. The summed E-state index contributed by atoms with van der Waals surface area (Å²) < 4.78 is 68.1. The Morgan fingerprint density at radius 2 is 0.500 bits per heavy atom. The van der Waals surface area contributed by atoms with Gasteiger partial charge in [-0.2, -0.15) is 0 Å². The summed E-state index contributed by atoms with van der Waals surface area (Å²) >= 11 is 0. The third-order valence-corrected chi connectivity index (χ3v) is 18.9. The van der Waals surface area contributed by atoms with Gasteiger partial charge in [-0.25, -0.2) is 9.13 Å². The van der Waals surface area contributed by atoms with Crippen LogP contribution in [0.15, 0.2) is 0 Å². The molecule has 92 heavy (non-hydrogen) atoms. The Morgan fingerprint density at radius 1 is 0.293 bits per heavy atom. The molecule has 0 saturated heterocycles. The molecule has 546 valence electrons. The van der Waals surface area contributed by atoms with E-state index in [2.05, 4.69) is 41.5 Å². The number of rotatable bonds is 72. The second-order valence-corrected chi connectivity index (χ2v) is 30.2. The lowest BCUT2D eigenvalue weighted by molar-refractivity contribution is -0.161. The van der Waals surface area contributed by atoms with Gasteiger partial charge in [-0.3, -0.25) is 37.3 Å². The highest BCUT2D eigenvalue weighted by molar-refractivity contribution is 7.47. The molecule has 0 aliphatic heterocycles. The van der Waals surface area contributed by atoms with Crippen molar-refractivity contribution in [2.24, 2.45) is 11.8 Å². The summed E-state index contributed by atoms with van der Waals surface area (Å²) in [6.07, 6.45) is 52.0. The molecule has 17 nitrogen and oxygen atoms in total. The summed E-state index contributed by atoms with van der Waals surface area (Å²) in [5.41, 5.74) is 0. The van der Waals surface area contributed by atoms with Gasteiger partial charge in [0.2, 0.25) is 0 Å². The van der Waals surface area contributed by atoms with Crippen LogP contribution in [0.3, 0.4) is 0 Å². The van der Waals surface area contributed by atoms with Crippen LogP contribution in [0.1, 0.15) is 375 Å². The Bertz CT molecular complexity index is 1790. The van der Waals surface area contributed by atoms with E-state index in [0.717, 1.165) is 102 Å². The Morgan fingerprint density at radius 3 is 0.739 bits per heavy atom. The van der Waals surface area contributed by atoms with Gasteiger partial charge in [0.25, 0.3) is 0 Å². The van der Waals surface area contributed by atoms with Gasteiger partial charge >= 0.3 is 39.5 Å². The van der Waals surface area contributed by atoms with Crippen LogP contribution < -0.4 is 0 Å². The van der Waals surface area contributed by atoms with Crippen LogP contribution in [0, 0.1) is 11.8 Å². The number of carbonyl (C=O) groups excluding carboxylic acids is 4. The summed E-state index contributed by atoms with van der Waals surface area (Å²) in [5.74, 6) is -0.628. The van der Waals surface area contributed by atoms with Gasteiger partial charge in [0.05, 0.1) is 26.4 Å². The number of phosphoric ester groups is 2. The Labute approximate surface area is 562 Å². The molecule has 0 amide bonds. The minimum absolute atomic E-state index is 0.103. The van der Waals surface area contributed by atoms with Crippen molar-refractivity contribution in [1.82, 2.24) is 0 Å². The molecule has 2 unspecified atom stereocenters. The molecule has 0 aromatic rings. The fourth-order valence-corrected chi connectivity index (χ4v) is 12.7. The van der Waals surface area contributed by atoms with E-state index in [1.165, 1.54) is 186 Å². The Kier molecular flexibility index (Phi) is 63.7. The van der Waals surface area contributed by atoms with Gasteiger partial charge in [0.1, 0.15) is 19.3 Å². The van der Waals surface area contributed by atoms with Crippen molar-refractivity contribution in [3.8, 4) is 0 Å².